The number of hydrogen-bond acceptors (Lipinski definition) is 3. The molecule has 0 aliphatic carbocycles. The summed E-state index contributed by atoms with van der Waals surface area (Å²) in [6, 6.07) is 0.391. The number of nitrogens with zero attached hydrogens (tertiary/aromatic N) is 4. The average Bonchev–Trinajstić information content (AvgIpc) is 2.91. The van der Waals surface area contributed by atoms with Crippen LogP contribution in [0.4, 0.5) is 0 Å². The Hall–Kier alpha value is -1.12. The normalized spacial score (nSPS) is 12.5. The zero-order valence-electron chi connectivity index (χ0n) is 14.1. The van der Waals surface area contributed by atoms with Crippen LogP contribution in [0.3, 0.4) is 0 Å². The smallest absolute Gasteiger partial charge is 0.191 e. The number of halogens is 1. The number of guanidine groups is 1. The Bertz CT molecular complexity index is 468. The van der Waals surface area contributed by atoms with Crippen LogP contribution in [-0.2, 0) is 13.0 Å². The van der Waals surface area contributed by atoms with Gasteiger partial charge in [-0.15, -0.1) is 34.2 Å². The van der Waals surface area contributed by atoms with E-state index < -0.39 is 0 Å². The van der Waals surface area contributed by atoms with Crippen LogP contribution >= 0.6 is 24.0 Å². The fourth-order valence-electron chi connectivity index (χ4n) is 1.74. The van der Waals surface area contributed by atoms with Crippen molar-refractivity contribution in [3.05, 3.63) is 24.3 Å². The van der Waals surface area contributed by atoms with Crippen molar-refractivity contribution in [2.24, 2.45) is 4.99 Å². The predicted octanol–water partition coefficient (Wildman–Crippen LogP) is 2.37. The molecule has 7 heteroatoms. The lowest BCUT2D eigenvalue weighted by atomic mass is 10.3. The van der Waals surface area contributed by atoms with Crippen molar-refractivity contribution in [3.8, 4) is 0 Å². The summed E-state index contributed by atoms with van der Waals surface area (Å²) in [5.74, 6) is 1.84. The third kappa shape index (κ3) is 7.77. The lowest BCUT2D eigenvalue weighted by Gasteiger charge is -2.17. The van der Waals surface area contributed by atoms with E-state index in [0.29, 0.717) is 12.6 Å². The fourth-order valence-corrected chi connectivity index (χ4v) is 1.74. The highest BCUT2D eigenvalue weighted by molar-refractivity contribution is 14.0. The molecule has 22 heavy (non-hydrogen) atoms. The van der Waals surface area contributed by atoms with Gasteiger partial charge in [0.15, 0.2) is 5.96 Å². The topological polar surface area (TPSA) is 67.1 Å². The summed E-state index contributed by atoms with van der Waals surface area (Å²) < 4.78 is 2.06. The maximum atomic E-state index is 4.53. The van der Waals surface area contributed by atoms with Crippen LogP contribution in [0.25, 0.3) is 0 Å². The number of nitrogens with one attached hydrogen (secondary N) is 2. The second-order valence-electron chi connectivity index (χ2n) is 5.30. The molecule has 0 amide bonds. The standard InChI is InChI=1S/C15H28N6.HI/c1-6-13(5)19-15(17-10-12(3)4)16-8-9-21-11-18-20-14(21)7-2;/h11,13H,3,6-10H2,1-2,4-5H3,(H2,16,17,19);1H. The van der Waals surface area contributed by atoms with Gasteiger partial charge in [-0.1, -0.05) is 26.0 Å². The molecule has 0 bridgehead atoms. The summed E-state index contributed by atoms with van der Waals surface area (Å²) in [5, 5.41) is 14.8. The SMILES string of the molecule is C=C(C)CN=C(NCCn1cnnc1CC)NC(C)CC.I. The van der Waals surface area contributed by atoms with Gasteiger partial charge in [0, 0.05) is 25.6 Å². The third-order valence-corrected chi connectivity index (χ3v) is 3.16. The van der Waals surface area contributed by atoms with Crippen LogP contribution in [0, 0.1) is 0 Å². The minimum absolute atomic E-state index is 0. The van der Waals surface area contributed by atoms with E-state index in [4.69, 9.17) is 0 Å². The Kier molecular flexibility index (Phi) is 10.9. The Morgan fingerprint density at radius 1 is 1.45 bits per heavy atom. The van der Waals surface area contributed by atoms with Crippen molar-refractivity contribution in [3.63, 3.8) is 0 Å². The Morgan fingerprint density at radius 3 is 2.77 bits per heavy atom. The van der Waals surface area contributed by atoms with Crippen molar-refractivity contribution >= 4 is 29.9 Å². The molecule has 2 N–H and O–H groups in total. The van der Waals surface area contributed by atoms with E-state index in [1.54, 1.807) is 6.33 Å². The van der Waals surface area contributed by atoms with Gasteiger partial charge in [-0.05, 0) is 20.3 Å². The largest absolute Gasteiger partial charge is 0.355 e. The molecule has 1 unspecified atom stereocenters. The van der Waals surface area contributed by atoms with Crippen molar-refractivity contribution < 1.29 is 0 Å². The minimum Gasteiger partial charge on any atom is -0.355 e. The van der Waals surface area contributed by atoms with Crippen molar-refractivity contribution in [2.75, 3.05) is 13.1 Å². The lowest BCUT2D eigenvalue weighted by Crippen LogP contribution is -2.43. The summed E-state index contributed by atoms with van der Waals surface area (Å²) in [4.78, 5) is 4.53. The number of aliphatic imine (C=N–C) groups is 1. The third-order valence-electron chi connectivity index (χ3n) is 3.16. The molecule has 0 radical (unpaired) electrons. The molecule has 1 rings (SSSR count). The molecule has 1 aromatic rings. The second-order valence-corrected chi connectivity index (χ2v) is 5.30. The zero-order chi connectivity index (χ0) is 15.7. The zero-order valence-corrected chi connectivity index (χ0v) is 16.4. The van der Waals surface area contributed by atoms with Gasteiger partial charge in [0.25, 0.3) is 0 Å². The lowest BCUT2D eigenvalue weighted by molar-refractivity contribution is 0.600. The molecule has 0 fully saturated rings. The van der Waals surface area contributed by atoms with Gasteiger partial charge in [-0.2, -0.15) is 0 Å². The second kappa shape index (κ2) is 11.4. The van der Waals surface area contributed by atoms with Gasteiger partial charge in [-0.3, -0.25) is 0 Å². The van der Waals surface area contributed by atoms with E-state index in [1.807, 2.05) is 6.92 Å². The highest BCUT2D eigenvalue weighted by atomic mass is 127. The summed E-state index contributed by atoms with van der Waals surface area (Å²) in [5.41, 5.74) is 1.05. The monoisotopic (exact) mass is 420 g/mol. The van der Waals surface area contributed by atoms with Gasteiger partial charge < -0.3 is 15.2 Å². The number of hydrogen-bond donors (Lipinski definition) is 2. The van der Waals surface area contributed by atoms with Gasteiger partial charge in [0.2, 0.25) is 0 Å². The molecule has 6 nitrogen and oxygen atoms in total. The van der Waals surface area contributed by atoms with Crippen LogP contribution in [0.15, 0.2) is 23.5 Å². The number of aromatic nitrogens is 3. The molecule has 0 spiro atoms. The first-order valence-corrected chi connectivity index (χ1v) is 7.62. The van der Waals surface area contributed by atoms with Gasteiger partial charge in [-0.25, -0.2) is 4.99 Å². The minimum atomic E-state index is 0. The molecular formula is C15H29IN6. The van der Waals surface area contributed by atoms with E-state index in [1.165, 1.54) is 0 Å². The summed E-state index contributed by atoms with van der Waals surface area (Å²) in [6.07, 6.45) is 3.72. The maximum Gasteiger partial charge on any atom is 0.191 e. The molecule has 0 aromatic carbocycles. The predicted molar refractivity (Wildman–Crippen MR) is 103 cm³/mol. The van der Waals surface area contributed by atoms with Crippen LogP contribution in [0.2, 0.25) is 0 Å². The van der Waals surface area contributed by atoms with E-state index in [-0.39, 0.29) is 24.0 Å². The molecule has 1 heterocycles. The summed E-state index contributed by atoms with van der Waals surface area (Å²) in [6.45, 7) is 14.5. The average molecular weight is 420 g/mol. The van der Waals surface area contributed by atoms with E-state index in [2.05, 4.69) is 57.7 Å². The molecule has 1 atom stereocenters. The molecule has 0 saturated heterocycles. The highest BCUT2D eigenvalue weighted by Crippen LogP contribution is 1.95. The molecule has 1 aromatic heterocycles. The quantitative estimate of drug-likeness (QED) is 0.293. The first-order valence-electron chi connectivity index (χ1n) is 7.62. The fraction of sp³-hybridized carbons (Fsp3) is 0.667. The summed E-state index contributed by atoms with van der Waals surface area (Å²) in [7, 11) is 0. The van der Waals surface area contributed by atoms with Gasteiger partial charge >= 0.3 is 0 Å². The van der Waals surface area contributed by atoms with Crippen LogP contribution in [0.5, 0.6) is 0 Å². The summed E-state index contributed by atoms with van der Waals surface area (Å²) >= 11 is 0. The molecule has 126 valence electrons. The van der Waals surface area contributed by atoms with Crippen LogP contribution in [0.1, 0.15) is 39.9 Å². The molecular weight excluding hydrogens is 391 g/mol. The van der Waals surface area contributed by atoms with Crippen molar-refractivity contribution in [1.82, 2.24) is 25.4 Å². The Labute approximate surface area is 150 Å². The van der Waals surface area contributed by atoms with Crippen molar-refractivity contribution in [2.45, 2.75) is 53.1 Å². The van der Waals surface area contributed by atoms with E-state index in [9.17, 15) is 0 Å². The molecule has 0 aliphatic heterocycles. The number of rotatable bonds is 8. The Morgan fingerprint density at radius 2 is 2.18 bits per heavy atom. The maximum absolute atomic E-state index is 4.53. The van der Waals surface area contributed by atoms with Crippen LogP contribution in [-0.4, -0.2) is 39.9 Å². The van der Waals surface area contributed by atoms with Crippen molar-refractivity contribution in [1.29, 1.82) is 0 Å². The van der Waals surface area contributed by atoms with Crippen LogP contribution < -0.4 is 10.6 Å². The first-order chi connectivity index (χ1) is 10.1. The Balaban J connectivity index is 0.00000441. The van der Waals surface area contributed by atoms with Gasteiger partial charge in [0.05, 0.1) is 6.54 Å². The van der Waals surface area contributed by atoms with Gasteiger partial charge in [0.1, 0.15) is 12.2 Å². The first kappa shape index (κ1) is 20.9. The number of aryl methyl sites for hydroxylation is 1. The highest BCUT2D eigenvalue weighted by Gasteiger charge is 2.05. The molecule has 0 aliphatic rings. The van der Waals surface area contributed by atoms with E-state index in [0.717, 1.165) is 43.3 Å². The van der Waals surface area contributed by atoms with E-state index >= 15 is 0 Å². The molecule has 0 saturated carbocycles.